The first-order valence-electron chi connectivity index (χ1n) is 5.50. The lowest BCUT2D eigenvalue weighted by atomic mass is 10.1. The van der Waals surface area contributed by atoms with Crippen LogP contribution in [0.15, 0.2) is 36.7 Å². The van der Waals surface area contributed by atoms with E-state index in [-0.39, 0.29) is 0 Å². The van der Waals surface area contributed by atoms with E-state index >= 15 is 0 Å². The van der Waals surface area contributed by atoms with Crippen LogP contribution in [0.1, 0.15) is 17.2 Å². The average molecular weight is 246 g/mol. The molecule has 5 heteroatoms. The van der Waals surface area contributed by atoms with E-state index in [0.717, 1.165) is 5.56 Å². The van der Waals surface area contributed by atoms with Crippen LogP contribution >= 0.6 is 0 Å². The van der Waals surface area contributed by atoms with Crippen molar-refractivity contribution in [3.63, 3.8) is 0 Å². The summed E-state index contributed by atoms with van der Waals surface area (Å²) in [6.45, 7) is 1.92. The minimum atomic E-state index is -1.31. The topological polar surface area (TPSA) is 64.3 Å². The van der Waals surface area contributed by atoms with Crippen LogP contribution in [-0.2, 0) is 9.53 Å². The maximum atomic E-state index is 11.4. The molecule has 0 amide bonds. The first kappa shape index (κ1) is 12.3. The second-order valence-electron chi connectivity index (χ2n) is 3.95. The molecule has 0 fully saturated rings. The van der Waals surface area contributed by atoms with Gasteiger partial charge in [0.15, 0.2) is 6.10 Å². The lowest BCUT2D eigenvalue weighted by Gasteiger charge is -2.13. The van der Waals surface area contributed by atoms with Crippen LogP contribution in [0.2, 0.25) is 0 Å². The molecule has 0 saturated heterocycles. The molecule has 0 spiro atoms. The van der Waals surface area contributed by atoms with Crippen LogP contribution in [-0.4, -0.2) is 28.0 Å². The Morgan fingerprint density at radius 2 is 2.17 bits per heavy atom. The number of carbonyl (C=O) groups excluding carboxylic acids is 1. The van der Waals surface area contributed by atoms with E-state index in [4.69, 9.17) is 0 Å². The molecule has 2 rings (SSSR count). The second-order valence-corrected chi connectivity index (χ2v) is 3.95. The van der Waals surface area contributed by atoms with Gasteiger partial charge in [-0.1, -0.05) is 18.2 Å². The van der Waals surface area contributed by atoms with E-state index in [1.54, 1.807) is 29.1 Å². The van der Waals surface area contributed by atoms with Gasteiger partial charge in [-0.15, -0.1) is 0 Å². The van der Waals surface area contributed by atoms with Crippen molar-refractivity contribution in [3.8, 4) is 5.69 Å². The highest BCUT2D eigenvalue weighted by Crippen LogP contribution is 2.22. The zero-order chi connectivity index (χ0) is 13.1. The Morgan fingerprint density at radius 3 is 2.78 bits per heavy atom. The van der Waals surface area contributed by atoms with Gasteiger partial charge in [0.1, 0.15) is 0 Å². The van der Waals surface area contributed by atoms with Gasteiger partial charge in [-0.3, -0.25) is 0 Å². The Morgan fingerprint density at radius 1 is 1.44 bits per heavy atom. The molecule has 1 aromatic heterocycles. The number of aromatic nitrogens is 2. The Kier molecular flexibility index (Phi) is 3.43. The summed E-state index contributed by atoms with van der Waals surface area (Å²) >= 11 is 0. The van der Waals surface area contributed by atoms with Gasteiger partial charge in [0.05, 0.1) is 19.0 Å². The molecule has 18 heavy (non-hydrogen) atoms. The van der Waals surface area contributed by atoms with E-state index in [0.29, 0.717) is 11.3 Å². The second kappa shape index (κ2) is 5.01. The summed E-state index contributed by atoms with van der Waals surface area (Å²) in [4.78, 5) is 11.4. The Hall–Kier alpha value is -2.14. The number of aryl methyl sites for hydroxylation is 1. The maximum absolute atomic E-state index is 11.4. The summed E-state index contributed by atoms with van der Waals surface area (Å²) in [5.74, 6) is -0.689. The van der Waals surface area contributed by atoms with Gasteiger partial charge in [0, 0.05) is 11.8 Å². The average Bonchev–Trinajstić information content (AvgIpc) is 2.83. The SMILES string of the molecule is COC(=O)C(O)c1ccccc1-n1cc(C)cn1. The van der Waals surface area contributed by atoms with Crippen molar-refractivity contribution in [1.82, 2.24) is 9.78 Å². The Labute approximate surface area is 105 Å². The van der Waals surface area contributed by atoms with Gasteiger partial charge in [0.25, 0.3) is 0 Å². The molecule has 5 nitrogen and oxygen atoms in total. The molecule has 0 aliphatic rings. The summed E-state index contributed by atoms with van der Waals surface area (Å²) < 4.78 is 6.17. The van der Waals surface area contributed by atoms with Crippen LogP contribution in [0, 0.1) is 6.92 Å². The number of aliphatic hydroxyl groups excluding tert-OH is 1. The van der Waals surface area contributed by atoms with Crippen molar-refractivity contribution in [2.24, 2.45) is 0 Å². The largest absolute Gasteiger partial charge is 0.467 e. The monoisotopic (exact) mass is 246 g/mol. The third-order valence-corrected chi connectivity index (χ3v) is 2.61. The quantitative estimate of drug-likeness (QED) is 0.831. The van der Waals surface area contributed by atoms with Crippen molar-refractivity contribution < 1.29 is 14.6 Å². The lowest BCUT2D eigenvalue weighted by molar-refractivity contribution is -0.150. The number of ether oxygens (including phenoxy) is 1. The van der Waals surface area contributed by atoms with Gasteiger partial charge in [-0.2, -0.15) is 5.10 Å². The summed E-state index contributed by atoms with van der Waals surface area (Å²) in [5, 5.41) is 14.1. The molecule has 1 unspecified atom stereocenters. The van der Waals surface area contributed by atoms with Crippen molar-refractivity contribution >= 4 is 5.97 Å². The fourth-order valence-electron chi connectivity index (χ4n) is 1.71. The number of hydrogen-bond donors (Lipinski definition) is 1. The highest BCUT2D eigenvalue weighted by atomic mass is 16.5. The molecule has 94 valence electrons. The third-order valence-electron chi connectivity index (χ3n) is 2.61. The van der Waals surface area contributed by atoms with Crippen LogP contribution in [0.4, 0.5) is 0 Å². The Balaban J connectivity index is 2.46. The number of para-hydroxylation sites is 1. The fourth-order valence-corrected chi connectivity index (χ4v) is 1.71. The number of benzene rings is 1. The predicted molar refractivity (Wildman–Crippen MR) is 65.3 cm³/mol. The van der Waals surface area contributed by atoms with Gasteiger partial charge < -0.3 is 9.84 Å². The van der Waals surface area contributed by atoms with Crippen LogP contribution < -0.4 is 0 Å². The highest BCUT2D eigenvalue weighted by molar-refractivity contribution is 5.77. The van der Waals surface area contributed by atoms with E-state index in [1.807, 2.05) is 19.2 Å². The van der Waals surface area contributed by atoms with Crippen molar-refractivity contribution in [1.29, 1.82) is 0 Å². The van der Waals surface area contributed by atoms with Gasteiger partial charge in [-0.25, -0.2) is 9.48 Å². The van der Waals surface area contributed by atoms with E-state index in [2.05, 4.69) is 9.84 Å². The zero-order valence-corrected chi connectivity index (χ0v) is 10.2. The minimum absolute atomic E-state index is 0.465. The summed E-state index contributed by atoms with van der Waals surface area (Å²) in [7, 11) is 1.24. The zero-order valence-electron chi connectivity index (χ0n) is 10.2. The van der Waals surface area contributed by atoms with E-state index in [1.165, 1.54) is 7.11 Å². The molecule has 1 N–H and O–H groups in total. The number of carbonyl (C=O) groups is 1. The molecule has 1 atom stereocenters. The smallest absolute Gasteiger partial charge is 0.339 e. The fraction of sp³-hybridized carbons (Fsp3) is 0.231. The maximum Gasteiger partial charge on any atom is 0.339 e. The standard InChI is InChI=1S/C13H14N2O3/c1-9-7-14-15(8-9)11-6-4-3-5-10(11)12(16)13(17)18-2/h3-8,12,16H,1-2H3. The molecule has 0 aliphatic carbocycles. The van der Waals surface area contributed by atoms with E-state index < -0.39 is 12.1 Å². The summed E-state index contributed by atoms with van der Waals surface area (Å²) in [6.07, 6.45) is 2.22. The molecule has 0 bridgehead atoms. The Bertz CT molecular complexity index is 563. The molecule has 0 aliphatic heterocycles. The lowest BCUT2D eigenvalue weighted by Crippen LogP contribution is -2.16. The minimum Gasteiger partial charge on any atom is -0.467 e. The van der Waals surface area contributed by atoms with Gasteiger partial charge in [-0.05, 0) is 18.6 Å². The first-order chi connectivity index (χ1) is 8.63. The molecule has 1 heterocycles. The number of nitrogens with zero attached hydrogens (tertiary/aromatic N) is 2. The van der Waals surface area contributed by atoms with E-state index in [9.17, 15) is 9.90 Å². The molecular weight excluding hydrogens is 232 g/mol. The molecule has 2 aromatic rings. The molecule has 0 saturated carbocycles. The number of aliphatic hydroxyl groups is 1. The summed E-state index contributed by atoms with van der Waals surface area (Å²) in [6, 6.07) is 7.03. The predicted octanol–water partition coefficient (Wildman–Crippen LogP) is 1.39. The normalized spacial score (nSPS) is 12.2. The molecule has 0 radical (unpaired) electrons. The van der Waals surface area contributed by atoms with Crippen LogP contribution in [0.25, 0.3) is 5.69 Å². The van der Waals surface area contributed by atoms with Crippen LogP contribution in [0.5, 0.6) is 0 Å². The van der Waals surface area contributed by atoms with Crippen molar-refractivity contribution in [2.75, 3.05) is 7.11 Å². The first-order valence-corrected chi connectivity index (χ1v) is 5.50. The van der Waals surface area contributed by atoms with Crippen LogP contribution in [0.3, 0.4) is 0 Å². The number of hydrogen-bond acceptors (Lipinski definition) is 4. The van der Waals surface area contributed by atoms with Crippen molar-refractivity contribution in [2.45, 2.75) is 13.0 Å². The third kappa shape index (κ3) is 2.26. The highest BCUT2D eigenvalue weighted by Gasteiger charge is 2.21. The number of esters is 1. The molecule has 1 aromatic carbocycles. The molecular formula is C13H14N2O3. The summed E-state index contributed by atoms with van der Waals surface area (Å²) in [5.41, 5.74) is 2.12. The van der Waals surface area contributed by atoms with Crippen molar-refractivity contribution in [3.05, 3.63) is 47.8 Å². The van der Waals surface area contributed by atoms with Gasteiger partial charge in [0.2, 0.25) is 0 Å². The van der Waals surface area contributed by atoms with Gasteiger partial charge >= 0.3 is 5.97 Å². The number of methoxy groups -OCH3 is 1. The number of rotatable bonds is 3.